The molecular formula is C33H40N8O2. The van der Waals surface area contributed by atoms with Crippen LogP contribution in [0.4, 0.5) is 11.5 Å². The molecule has 1 aromatic heterocycles. The standard InChI is InChI=1S/C26H26N6O2.C5H11N.C2H3N/c1-3-23(33)30-12-14-31(15-13-30)25-20-10-11-32(17-21(20)28-26(29-25)34-2)22-9-5-7-18-6-4-8-19(16-27)24(18)22;1-6-4-2-3-5-6;1-2-3/h3-9H,1,10-15,17H2,2H3;2-5H2,1H3;1H3. The molecular weight excluding hydrogens is 540 g/mol. The molecule has 0 unspecified atom stereocenters. The fraction of sp³-hybridized carbons (Fsp3) is 0.424. The van der Waals surface area contributed by atoms with Crippen LogP contribution in [0.15, 0.2) is 49.1 Å². The Morgan fingerprint density at radius 3 is 2.23 bits per heavy atom. The Balaban J connectivity index is 0.000000408. The number of carbonyl (C=O) groups excluding carboxylic acids is 1. The third kappa shape index (κ3) is 7.40. The van der Waals surface area contributed by atoms with Crippen molar-refractivity contribution in [3.8, 4) is 18.1 Å². The highest BCUT2D eigenvalue weighted by Gasteiger charge is 2.29. The molecule has 4 heterocycles. The van der Waals surface area contributed by atoms with Crippen molar-refractivity contribution in [1.29, 1.82) is 10.5 Å². The Hall–Kier alpha value is -4.67. The van der Waals surface area contributed by atoms with Gasteiger partial charge in [0.2, 0.25) is 5.91 Å². The average Bonchev–Trinajstić information content (AvgIpc) is 3.54. The van der Waals surface area contributed by atoms with Gasteiger partial charge in [-0.25, -0.2) is 0 Å². The van der Waals surface area contributed by atoms with Gasteiger partial charge in [-0.15, -0.1) is 0 Å². The second kappa shape index (κ2) is 15.0. The van der Waals surface area contributed by atoms with Crippen molar-refractivity contribution in [2.75, 3.05) is 69.8 Å². The molecule has 2 fully saturated rings. The largest absolute Gasteiger partial charge is 0.467 e. The monoisotopic (exact) mass is 580 g/mol. The van der Waals surface area contributed by atoms with Crippen molar-refractivity contribution in [2.45, 2.75) is 32.7 Å². The molecule has 3 aliphatic rings. The van der Waals surface area contributed by atoms with E-state index in [1.807, 2.05) is 35.2 Å². The molecule has 0 bridgehead atoms. The van der Waals surface area contributed by atoms with E-state index in [1.54, 1.807) is 13.2 Å². The Labute approximate surface area is 254 Å². The third-order valence-corrected chi connectivity index (χ3v) is 7.94. The number of ether oxygens (including phenoxy) is 1. The molecule has 43 heavy (non-hydrogen) atoms. The fourth-order valence-electron chi connectivity index (χ4n) is 5.77. The Bertz CT molecular complexity index is 1510. The summed E-state index contributed by atoms with van der Waals surface area (Å²) in [5.74, 6) is 0.854. The molecule has 2 saturated heterocycles. The van der Waals surface area contributed by atoms with Gasteiger partial charge < -0.3 is 24.3 Å². The number of amides is 1. The average molecular weight is 581 g/mol. The molecule has 0 saturated carbocycles. The smallest absolute Gasteiger partial charge is 0.318 e. The lowest BCUT2D eigenvalue weighted by Gasteiger charge is -2.38. The van der Waals surface area contributed by atoms with Crippen molar-refractivity contribution < 1.29 is 9.53 Å². The molecule has 0 radical (unpaired) electrons. The maximum Gasteiger partial charge on any atom is 0.318 e. The molecule has 2 aromatic carbocycles. The lowest BCUT2D eigenvalue weighted by molar-refractivity contribution is -0.126. The van der Waals surface area contributed by atoms with Crippen molar-refractivity contribution in [3.05, 3.63) is 65.9 Å². The van der Waals surface area contributed by atoms with E-state index in [0.29, 0.717) is 44.3 Å². The van der Waals surface area contributed by atoms with Crippen molar-refractivity contribution >= 4 is 28.2 Å². The zero-order valence-electron chi connectivity index (χ0n) is 25.4. The maximum atomic E-state index is 12.0. The lowest BCUT2D eigenvalue weighted by atomic mass is 9.99. The molecule has 3 aromatic rings. The number of likely N-dealkylation sites (tertiary alicyclic amines) is 1. The fourth-order valence-corrected chi connectivity index (χ4v) is 5.77. The summed E-state index contributed by atoms with van der Waals surface area (Å²) in [5.41, 5.74) is 3.77. The summed E-state index contributed by atoms with van der Waals surface area (Å²) in [4.78, 5) is 30.0. The van der Waals surface area contributed by atoms with E-state index < -0.39 is 0 Å². The number of nitrogens with zero attached hydrogens (tertiary/aromatic N) is 8. The number of carbonyl (C=O) groups is 1. The van der Waals surface area contributed by atoms with Crippen LogP contribution in [0.1, 0.15) is 36.6 Å². The van der Waals surface area contributed by atoms with Crippen LogP contribution < -0.4 is 14.5 Å². The van der Waals surface area contributed by atoms with Gasteiger partial charge in [-0.2, -0.15) is 20.5 Å². The Morgan fingerprint density at radius 2 is 1.65 bits per heavy atom. The molecule has 0 spiro atoms. The van der Waals surface area contributed by atoms with Crippen LogP contribution >= 0.6 is 0 Å². The first kappa shape index (κ1) is 31.3. The van der Waals surface area contributed by atoms with Crippen LogP contribution in [0, 0.1) is 22.7 Å². The molecule has 0 aliphatic carbocycles. The molecule has 3 aliphatic heterocycles. The van der Waals surface area contributed by atoms with Gasteiger partial charge in [0.05, 0.1) is 37.1 Å². The normalized spacial score (nSPS) is 16.1. The Kier molecular flexibility index (Phi) is 10.9. The zero-order valence-corrected chi connectivity index (χ0v) is 25.4. The van der Waals surface area contributed by atoms with Gasteiger partial charge in [0.15, 0.2) is 0 Å². The van der Waals surface area contributed by atoms with Crippen molar-refractivity contribution in [1.82, 2.24) is 19.8 Å². The number of benzene rings is 2. The van der Waals surface area contributed by atoms with Gasteiger partial charge in [0.1, 0.15) is 5.82 Å². The van der Waals surface area contributed by atoms with Gasteiger partial charge in [0, 0.05) is 56.3 Å². The number of hydrogen-bond acceptors (Lipinski definition) is 9. The molecule has 10 heteroatoms. The minimum atomic E-state index is -0.0376. The van der Waals surface area contributed by atoms with E-state index in [4.69, 9.17) is 20.0 Å². The third-order valence-electron chi connectivity index (χ3n) is 7.94. The van der Waals surface area contributed by atoms with Crippen LogP contribution in [0.25, 0.3) is 10.8 Å². The summed E-state index contributed by atoms with van der Waals surface area (Å²) < 4.78 is 5.45. The number of nitriles is 2. The lowest BCUT2D eigenvalue weighted by Crippen LogP contribution is -2.49. The Morgan fingerprint density at radius 1 is 0.977 bits per heavy atom. The summed E-state index contributed by atoms with van der Waals surface area (Å²) in [6, 6.07) is 16.4. The SMILES string of the molecule is C=CC(=O)N1CCN(c2nc(OC)nc3c2CCN(c2cccc4cccc(C#N)c24)C3)CC1.CC#N.CN1CCCC1. The van der Waals surface area contributed by atoms with Crippen LogP contribution in [0.3, 0.4) is 0 Å². The molecule has 6 rings (SSSR count). The first-order valence-electron chi connectivity index (χ1n) is 14.7. The topological polar surface area (TPSA) is 113 Å². The predicted molar refractivity (Wildman–Crippen MR) is 169 cm³/mol. The highest BCUT2D eigenvalue weighted by Crippen LogP contribution is 2.35. The number of methoxy groups -OCH3 is 1. The molecule has 0 N–H and O–H groups in total. The summed E-state index contributed by atoms with van der Waals surface area (Å²) in [5, 5.41) is 19.0. The van der Waals surface area contributed by atoms with Crippen molar-refractivity contribution in [3.63, 3.8) is 0 Å². The maximum absolute atomic E-state index is 12.0. The van der Waals surface area contributed by atoms with Gasteiger partial charge in [-0.05, 0) is 63.0 Å². The van der Waals surface area contributed by atoms with Crippen LogP contribution in [-0.2, 0) is 17.8 Å². The molecule has 10 nitrogen and oxygen atoms in total. The predicted octanol–water partition coefficient (Wildman–Crippen LogP) is 4.15. The number of anilines is 2. The van der Waals surface area contributed by atoms with E-state index in [9.17, 15) is 10.1 Å². The second-order valence-electron chi connectivity index (χ2n) is 10.7. The number of piperazine rings is 1. The van der Waals surface area contributed by atoms with Crippen LogP contribution in [0.2, 0.25) is 0 Å². The minimum absolute atomic E-state index is 0.0376. The van der Waals surface area contributed by atoms with Gasteiger partial charge >= 0.3 is 6.01 Å². The van der Waals surface area contributed by atoms with Gasteiger partial charge in [-0.3, -0.25) is 4.79 Å². The van der Waals surface area contributed by atoms with Crippen molar-refractivity contribution in [2.24, 2.45) is 0 Å². The number of aromatic nitrogens is 2. The first-order valence-corrected chi connectivity index (χ1v) is 14.7. The number of fused-ring (bicyclic) bond motifs is 2. The van der Waals surface area contributed by atoms with E-state index in [1.165, 1.54) is 38.9 Å². The van der Waals surface area contributed by atoms with Gasteiger partial charge in [0.25, 0.3) is 0 Å². The quantitative estimate of drug-likeness (QED) is 0.420. The minimum Gasteiger partial charge on any atom is -0.467 e. The molecule has 1 amide bonds. The first-order chi connectivity index (χ1) is 20.9. The van der Waals surface area contributed by atoms with E-state index in [2.05, 4.69) is 40.5 Å². The van der Waals surface area contributed by atoms with E-state index in [0.717, 1.165) is 46.5 Å². The second-order valence-corrected chi connectivity index (χ2v) is 10.7. The van der Waals surface area contributed by atoms with Crippen LogP contribution in [0.5, 0.6) is 6.01 Å². The summed E-state index contributed by atoms with van der Waals surface area (Å²) in [7, 11) is 3.75. The van der Waals surface area contributed by atoms with E-state index >= 15 is 0 Å². The highest BCUT2D eigenvalue weighted by molar-refractivity contribution is 5.98. The zero-order chi connectivity index (χ0) is 30.8. The summed E-state index contributed by atoms with van der Waals surface area (Å²) in [6.45, 7) is 11.7. The molecule has 0 atom stereocenters. The summed E-state index contributed by atoms with van der Waals surface area (Å²) in [6.07, 6.45) is 4.98. The number of hydrogen-bond donors (Lipinski definition) is 0. The van der Waals surface area contributed by atoms with Gasteiger partial charge in [-0.1, -0.05) is 30.8 Å². The summed E-state index contributed by atoms with van der Waals surface area (Å²) >= 11 is 0. The van der Waals surface area contributed by atoms with Crippen LogP contribution in [-0.4, -0.2) is 85.6 Å². The molecule has 224 valence electrons. The number of rotatable bonds is 4. The van der Waals surface area contributed by atoms with E-state index in [-0.39, 0.29) is 5.91 Å². The highest BCUT2D eigenvalue weighted by atomic mass is 16.5.